The highest BCUT2D eigenvalue weighted by Crippen LogP contribution is 2.37. The van der Waals surface area contributed by atoms with E-state index in [0.29, 0.717) is 12.8 Å². The molecule has 1 unspecified atom stereocenters. The summed E-state index contributed by atoms with van der Waals surface area (Å²) in [6, 6.07) is 8.09. The van der Waals surface area contributed by atoms with Crippen LogP contribution in [0.3, 0.4) is 0 Å². The zero-order chi connectivity index (χ0) is 18.9. The number of piperidine rings is 1. The van der Waals surface area contributed by atoms with Crippen LogP contribution in [0.2, 0.25) is 0 Å². The molecule has 1 spiro atoms. The number of nitrogens with zero attached hydrogens (tertiary/aromatic N) is 2. The van der Waals surface area contributed by atoms with Gasteiger partial charge in [-0.25, -0.2) is 4.79 Å². The molecule has 2 aliphatic heterocycles. The van der Waals surface area contributed by atoms with Gasteiger partial charge in [0.05, 0.1) is 23.8 Å². The highest BCUT2D eigenvalue weighted by atomic mass is 16.7. The van der Waals surface area contributed by atoms with E-state index in [1.54, 1.807) is 0 Å². The number of benzene rings is 1. The van der Waals surface area contributed by atoms with Crippen molar-refractivity contribution in [3.63, 3.8) is 0 Å². The lowest BCUT2D eigenvalue weighted by atomic mass is 9.88. The van der Waals surface area contributed by atoms with Crippen LogP contribution >= 0.6 is 0 Å². The van der Waals surface area contributed by atoms with Crippen molar-refractivity contribution in [2.45, 2.75) is 58.2 Å². The number of aromatic amines is 1. The van der Waals surface area contributed by atoms with Gasteiger partial charge in [-0.2, -0.15) is 0 Å². The maximum absolute atomic E-state index is 12.2. The Morgan fingerprint density at radius 1 is 1.36 bits per heavy atom. The fourth-order valence-electron chi connectivity index (χ4n) is 4.12. The van der Waals surface area contributed by atoms with Gasteiger partial charge in [0.15, 0.2) is 0 Å². The SMILES string of the molecule is C.CC1OC2(CCN(C)CC2)C/C1=N\OC(=O)CCc1c[nH]c2ccccc12. The number of oxime groups is 1. The second-order valence-electron chi connectivity index (χ2n) is 7.83. The molecule has 3 heterocycles. The van der Waals surface area contributed by atoms with Crippen LogP contribution in [0, 0.1) is 0 Å². The van der Waals surface area contributed by atoms with E-state index in [1.807, 2.05) is 31.3 Å². The quantitative estimate of drug-likeness (QED) is 0.640. The third-order valence-corrected chi connectivity index (χ3v) is 5.84. The summed E-state index contributed by atoms with van der Waals surface area (Å²) in [5.41, 5.74) is 2.93. The summed E-state index contributed by atoms with van der Waals surface area (Å²) < 4.78 is 6.20. The Hall–Kier alpha value is -2.18. The number of nitrogens with one attached hydrogen (secondary N) is 1. The highest BCUT2D eigenvalue weighted by molar-refractivity contribution is 5.91. The zero-order valence-electron chi connectivity index (χ0n) is 16.0. The Kier molecular flexibility index (Phi) is 6.20. The van der Waals surface area contributed by atoms with Gasteiger partial charge in [-0.1, -0.05) is 30.8 Å². The standard InChI is InChI=1S/C21H27N3O3.CH4/c1-15-19(13-21(26-15)9-11-24(2)12-10-21)23-27-20(25)8-7-16-14-22-18-6-4-3-5-17(16)18;/h3-6,14-15,22H,7-13H2,1-2H3;1H4/b23-19+;. The van der Waals surface area contributed by atoms with Crippen LogP contribution in [0.1, 0.15) is 45.6 Å². The van der Waals surface area contributed by atoms with Crippen molar-refractivity contribution in [2.24, 2.45) is 5.16 Å². The van der Waals surface area contributed by atoms with E-state index in [-0.39, 0.29) is 25.1 Å². The summed E-state index contributed by atoms with van der Waals surface area (Å²) in [5.74, 6) is -0.302. The average molecular weight is 386 g/mol. The Balaban J connectivity index is 0.00000225. The molecule has 0 radical (unpaired) electrons. The first kappa shape index (κ1) is 20.6. The summed E-state index contributed by atoms with van der Waals surface area (Å²) in [4.78, 5) is 22.9. The molecule has 2 saturated heterocycles. The topological polar surface area (TPSA) is 66.9 Å². The number of carbonyl (C=O) groups excluding carboxylic acids is 1. The van der Waals surface area contributed by atoms with Crippen LogP contribution in [0.4, 0.5) is 0 Å². The largest absolute Gasteiger partial charge is 0.365 e. The van der Waals surface area contributed by atoms with Gasteiger partial charge in [0.25, 0.3) is 0 Å². The van der Waals surface area contributed by atoms with E-state index in [0.717, 1.165) is 54.5 Å². The molecule has 2 aromatic rings. The minimum Gasteiger partial charge on any atom is -0.365 e. The van der Waals surface area contributed by atoms with Gasteiger partial charge in [0.1, 0.15) is 0 Å². The molecule has 0 amide bonds. The molecule has 0 aliphatic carbocycles. The van der Waals surface area contributed by atoms with Crippen molar-refractivity contribution in [1.29, 1.82) is 0 Å². The Bertz CT molecular complexity index is 850. The van der Waals surface area contributed by atoms with Crippen molar-refractivity contribution < 1.29 is 14.4 Å². The molecular weight excluding hydrogens is 354 g/mol. The molecule has 1 atom stereocenters. The number of fused-ring (bicyclic) bond motifs is 1. The second kappa shape index (κ2) is 8.45. The predicted molar refractivity (Wildman–Crippen MR) is 112 cm³/mol. The number of rotatable bonds is 4. The lowest BCUT2D eigenvalue weighted by Gasteiger charge is -2.36. The first-order valence-corrected chi connectivity index (χ1v) is 9.73. The number of hydrogen-bond acceptors (Lipinski definition) is 5. The maximum Gasteiger partial charge on any atom is 0.335 e. The summed E-state index contributed by atoms with van der Waals surface area (Å²) in [5, 5.41) is 5.31. The average Bonchev–Trinajstić information content (AvgIpc) is 3.22. The van der Waals surface area contributed by atoms with Crippen LogP contribution in [0.25, 0.3) is 10.9 Å². The maximum atomic E-state index is 12.2. The van der Waals surface area contributed by atoms with E-state index in [9.17, 15) is 4.79 Å². The number of aryl methyl sites for hydroxylation is 1. The lowest BCUT2D eigenvalue weighted by molar-refractivity contribution is -0.143. The van der Waals surface area contributed by atoms with E-state index in [2.05, 4.69) is 28.2 Å². The number of ether oxygens (including phenoxy) is 1. The number of aromatic nitrogens is 1. The third kappa shape index (κ3) is 4.28. The normalized spacial score (nSPS) is 23.2. The van der Waals surface area contributed by atoms with Gasteiger partial charge in [0, 0.05) is 36.6 Å². The lowest BCUT2D eigenvalue weighted by Crippen LogP contribution is -2.42. The minimum absolute atomic E-state index is 0. The van der Waals surface area contributed by atoms with E-state index >= 15 is 0 Å². The summed E-state index contributed by atoms with van der Waals surface area (Å²) in [6.07, 6.45) is 5.58. The zero-order valence-corrected chi connectivity index (χ0v) is 16.0. The molecule has 1 aromatic carbocycles. The van der Waals surface area contributed by atoms with Crippen LogP contribution < -0.4 is 0 Å². The predicted octanol–water partition coefficient (Wildman–Crippen LogP) is 3.91. The molecule has 0 bridgehead atoms. The first-order chi connectivity index (χ1) is 13.0. The molecule has 6 nitrogen and oxygen atoms in total. The third-order valence-electron chi connectivity index (χ3n) is 5.84. The monoisotopic (exact) mass is 385 g/mol. The number of para-hydroxylation sites is 1. The number of H-pyrrole nitrogens is 1. The molecule has 0 saturated carbocycles. The summed E-state index contributed by atoms with van der Waals surface area (Å²) in [6.45, 7) is 4.06. The van der Waals surface area contributed by atoms with E-state index in [1.165, 1.54) is 0 Å². The second-order valence-corrected chi connectivity index (χ2v) is 7.83. The van der Waals surface area contributed by atoms with Gasteiger partial charge in [-0.05, 0) is 44.9 Å². The van der Waals surface area contributed by atoms with Crippen molar-refractivity contribution in [3.8, 4) is 0 Å². The minimum atomic E-state index is -0.302. The van der Waals surface area contributed by atoms with E-state index < -0.39 is 0 Å². The van der Waals surface area contributed by atoms with Crippen molar-refractivity contribution >= 4 is 22.6 Å². The van der Waals surface area contributed by atoms with Crippen molar-refractivity contribution in [3.05, 3.63) is 36.0 Å². The first-order valence-electron chi connectivity index (χ1n) is 9.73. The van der Waals surface area contributed by atoms with Crippen molar-refractivity contribution in [1.82, 2.24) is 9.88 Å². The number of hydrogen-bond donors (Lipinski definition) is 1. The molecule has 1 aromatic heterocycles. The Labute approximate surface area is 166 Å². The molecule has 1 N–H and O–H groups in total. The van der Waals surface area contributed by atoms with E-state index in [4.69, 9.17) is 9.57 Å². The Morgan fingerprint density at radius 3 is 2.89 bits per heavy atom. The molecular formula is C22H31N3O3. The number of carbonyl (C=O) groups is 1. The molecule has 4 rings (SSSR count). The molecule has 152 valence electrons. The fraction of sp³-hybridized carbons (Fsp3) is 0.545. The van der Waals surface area contributed by atoms with Crippen LogP contribution in [0.15, 0.2) is 35.6 Å². The molecule has 2 aliphatic rings. The van der Waals surface area contributed by atoms with Gasteiger partial charge in [-0.3, -0.25) is 0 Å². The molecule has 28 heavy (non-hydrogen) atoms. The Morgan fingerprint density at radius 2 is 2.11 bits per heavy atom. The van der Waals surface area contributed by atoms with Gasteiger partial charge in [0.2, 0.25) is 0 Å². The van der Waals surface area contributed by atoms with Gasteiger partial charge < -0.3 is 19.5 Å². The van der Waals surface area contributed by atoms with Crippen LogP contribution in [-0.2, 0) is 20.8 Å². The molecule has 2 fully saturated rings. The van der Waals surface area contributed by atoms with Crippen LogP contribution in [-0.4, -0.2) is 53.4 Å². The smallest absolute Gasteiger partial charge is 0.335 e. The fourth-order valence-corrected chi connectivity index (χ4v) is 4.12. The summed E-state index contributed by atoms with van der Waals surface area (Å²) in [7, 11) is 2.13. The van der Waals surface area contributed by atoms with Gasteiger partial charge in [-0.15, -0.1) is 0 Å². The number of likely N-dealkylation sites (tertiary alicyclic amines) is 1. The van der Waals surface area contributed by atoms with Crippen LogP contribution in [0.5, 0.6) is 0 Å². The highest BCUT2D eigenvalue weighted by Gasteiger charge is 2.44. The van der Waals surface area contributed by atoms with Gasteiger partial charge >= 0.3 is 5.97 Å². The molecule has 6 heteroatoms. The van der Waals surface area contributed by atoms with Crippen molar-refractivity contribution in [2.75, 3.05) is 20.1 Å². The summed E-state index contributed by atoms with van der Waals surface area (Å²) >= 11 is 0.